The number of carbonyl (C=O) groups excluding carboxylic acids is 4. The molecular weight excluding hydrogens is 424 g/mol. The molecule has 1 aromatic rings. The van der Waals surface area contributed by atoms with Crippen LogP contribution in [0.1, 0.15) is 58.4 Å². The van der Waals surface area contributed by atoms with E-state index in [0.29, 0.717) is 29.0 Å². The molecule has 9 nitrogen and oxygen atoms in total. The third kappa shape index (κ3) is 3.98. The van der Waals surface area contributed by atoms with Gasteiger partial charge in [-0.15, -0.1) is 0 Å². The molecule has 0 aliphatic carbocycles. The van der Waals surface area contributed by atoms with E-state index in [1.54, 1.807) is 12.1 Å². The van der Waals surface area contributed by atoms with Gasteiger partial charge in [0.1, 0.15) is 6.04 Å². The highest BCUT2D eigenvalue weighted by Crippen LogP contribution is 2.42. The van der Waals surface area contributed by atoms with Crippen molar-refractivity contribution < 1.29 is 23.9 Å². The highest BCUT2D eigenvalue weighted by atomic mass is 16.5. The van der Waals surface area contributed by atoms with Gasteiger partial charge in [0.15, 0.2) is 0 Å². The number of carbonyl (C=O) groups is 4. The SMILES string of the molecule is O=C1CCC(N2C(=O)c3cccc(CNCC4CNCCC45CCOCC5)c3C2=O)C(=O)N1. The van der Waals surface area contributed by atoms with Gasteiger partial charge in [-0.05, 0) is 61.7 Å². The van der Waals surface area contributed by atoms with Crippen LogP contribution in [0.2, 0.25) is 0 Å². The molecule has 4 aliphatic rings. The predicted octanol–water partition coefficient (Wildman–Crippen LogP) is 0.584. The standard InChI is InChI=1S/C24H30N4O5/c29-19-5-4-18(21(30)27-19)28-22(31)17-3-1-2-15(20(17)23(28)32)12-26-14-16-13-25-9-6-24(16)7-10-33-11-8-24/h1-3,16,18,25-26H,4-14H2,(H,27,29,30). The van der Waals surface area contributed by atoms with Crippen LogP contribution in [0.15, 0.2) is 18.2 Å². The Labute approximate surface area is 192 Å². The van der Waals surface area contributed by atoms with Gasteiger partial charge in [0.2, 0.25) is 11.8 Å². The Morgan fingerprint density at radius 2 is 1.91 bits per heavy atom. The Kier molecular flexibility index (Phi) is 6.03. The number of rotatable bonds is 5. The van der Waals surface area contributed by atoms with Crippen molar-refractivity contribution in [2.45, 2.75) is 44.7 Å². The van der Waals surface area contributed by atoms with E-state index in [1.165, 1.54) is 0 Å². The maximum Gasteiger partial charge on any atom is 0.262 e. The maximum absolute atomic E-state index is 13.2. The van der Waals surface area contributed by atoms with Gasteiger partial charge in [0.25, 0.3) is 11.8 Å². The molecule has 0 bridgehead atoms. The number of hydrogen-bond donors (Lipinski definition) is 3. The Morgan fingerprint density at radius 1 is 1.09 bits per heavy atom. The average molecular weight is 455 g/mol. The average Bonchev–Trinajstić information content (AvgIpc) is 3.07. The summed E-state index contributed by atoms with van der Waals surface area (Å²) in [5.41, 5.74) is 1.74. The predicted molar refractivity (Wildman–Crippen MR) is 118 cm³/mol. The van der Waals surface area contributed by atoms with Crippen molar-refractivity contribution in [3.05, 3.63) is 34.9 Å². The summed E-state index contributed by atoms with van der Waals surface area (Å²) in [6, 6.07) is 4.32. The fraction of sp³-hybridized carbons (Fsp3) is 0.583. The lowest BCUT2D eigenvalue weighted by Gasteiger charge is -2.47. The largest absolute Gasteiger partial charge is 0.381 e. The van der Waals surface area contributed by atoms with Crippen LogP contribution in [0.5, 0.6) is 0 Å². The molecule has 9 heteroatoms. The quantitative estimate of drug-likeness (QED) is 0.558. The fourth-order valence-corrected chi connectivity index (χ4v) is 5.87. The van der Waals surface area contributed by atoms with Crippen molar-refractivity contribution >= 4 is 23.6 Å². The summed E-state index contributed by atoms with van der Waals surface area (Å²) < 4.78 is 5.60. The summed E-state index contributed by atoms with van der Waals surface area (Å²) in [6.07, 6.45) is 3.58. The third-order valence-corrected chi connectivity index (χ3v) is 7.81. The lowest BCUT2D eigenvalue weighted by Crippen LogP contribution is -2.54. The van der Waals surface area contributed by atoms with Crippen molar-refractivity contribution in [2.75, 3.05) is 32.8 Å². The van der Waals surface area contributed by atoms with Gasteiger partial charge in [0, 0.05) is 32.7 Å². The van der Waals surface area contributed by atoms with Crippen molar-refractivity contribution in [1.82, 2.24) is 20.9 Å². The van der Waals surface area contributed by atoms with Gasteiger partial charge in [-0.2, -0.15) is 0 Å². The highest BCUT2D eigenvalue weighted by molar-refractivity contribution is 6.24. The number of benzene rings is 1. The van der Waals surface area contributed by atoms with Crippen LogP contribution in [0.25, 0.3) is 0 Å². The molecule has 4 amide bonds. The topological polar surface area (TPSA) is 117 Å². The third-order valence-electron chi connectivity index (χ3n) is 7.81. The van der Waals surface area contributed by atoms with E-state index in [1.807, 2.05) is 6.07 Å². The van der Waals surface area contributed by atoms with E-state index in [4.69, 9.17) is 4.74 Å². The highest BCUT2D eigenvalue weighted by Gasteiger charge is 2.45. The van der Waals surface area contributed by atoms with Gasteiger partial charge in [-0.25, -0.2) is 0 Å². The number of fused-ring (bicyclic) bond motifs is 1. The van der Waals surface area contributed by atoms with E-state index in [-0.39, 0.29) is 18.7 Å². The molecule has 1 aromatic carbocycles. The number of nitrogens with one attached hydrogen (secondary N) is 3. The number of amides is 4. The molecule has 2 atom stereocenters. The lowest BCUT2D eigenvalue weighted by atomic mass is 9.66. The fourth-order valence-electron chi connectivity index (χ4n) is 5.87. The second-order valence-corrected chi connectivity index (χ2v) is 9.54. The first kappa shape index (κ1) is 22.2. The number of imide groups is 2. The molecule has 2 unspecified atom stereocenters. The first-order valence-electron chi connectivity index (χ1n) is 11.8. The van der Waals surface area contributed by atoms with Crippen LogP contribution >= 0.6 is 0 Å². The van der Waals surface area contributed by atoms with Crippen molar-refractivity contribution in [1.29, 1.82) is 0 Å². The molecule has 3 fully saturated rings. The van der Waals surface area contributed by atoms with Crippen molar-refractivity contribution in [3.8, 4) is 0 Å². The van der Waals surface area contributed by atoms with Crippen molar-refractivity contribution in [3.63, 3.8) is 0 Å². The Morgan fingerprint density at radius 3 is 2.70 bits per heavy atom. The van der Waals surface area contributed by atoms with Crippen LogP contribution < -0.4 is 16.0 Å². The maximum atomic E-state index is 13.2. The molecule has 4 aliphatic heterocycles. The van der Waals surface area contributed by atoms with Crippen LogP contribution in [-0.2, 0) is 20.9 Å². The van der Waals surface area contributed by atoms with Gasteiger partial charge in [-0.3, -0.25) is 29.4 Å². The summed E-state index contributed by atoms with van der Waals surface area (Å²) >= 11 is 0. The zero-order chi connectivity index (χ0) is 23.0. The van der Waals surface area contributed by atoms with Gasteiger partial charge < -0.3 is 15.4 Å². The van der Waals surface area contributed by atoms with E-state index in [9.17, 15) is 19.2 Å². The molecule has 1 spiro atoms. The van der Waals surface area contributed by atoms with E-state index in [2.05, 4.69) is 16.0 Å². The van der Waals surface area contributed by atoms with Gasteiger partial charge >= 0.3 is 0 Å². The van der Waals surface area contributed by atoms with Crippen LogP contribution in [0.3, 0.4) is 0 Å². The molecule has 0 aromatic heterocycles. The summed E-state index contributed by atoms with van der Waals surface area (Å²) in [7, 11) is 0. The van der Waals surface area contributed by atoms with Crippen LogP contribution in [0.4, 0.5) is 0 Å². The van der Waals surface area contributed by atoms with Crippen LogP contribution in [0, 0.1) is 11.3 Å². The normalized spacial score (nSPS) is 27.1. The number of ether oxygens (including phenoxy) is 1. The van der Waals surface area contributed by atoms with Crippen LogP contribution in [-0.4, -0.2) is 67.4 Å². The molecule has 0 saturated carbocycles. The molecule has 4 heterocycles. The monoisotopic (exact) mass is 454 g/mol. The molecular formula is C24H30N4O5. The number of nitrogens with zero attached hydrogens (tertiary/aromatic N) is 1. The summed E-state index contributed by atoms with van der Waals surface area (Å²) in [5, 5.41) is 9.28. The summed E-state index contributed by atoms with van der Waals surface area (Å²) in [6.45, 7) is 4.91. The molecule has 3 N–H and O–H groups in total. The minimum atomic E-state index is -0.947. The Hall–Kier alpha value is -2.62. The van der Waals surface area contributed by atoms with Crippen molar-refractivity contribution in [2.24, 2.45) is 11.3 Å². The molecule has 176 valence electrons. The molecule has 0 radical (unpaired) electrons. The smallest absolute Gasteiger partial charge is 0.262 e. The lowest BCUT2D eigenvalue weighted by molar-refractivity contribution is -0.136. The summed E-state index contributed by atoms with van der Waals surface area (Å²) in [4.78, 5) is 51.1. The number of hydrogen-bond acceptors (Lipinski definition) is 7. The van der Waals surface area contributed by atoms with E-state index < -0.39 is 23.8 Å². The zero-order valence-electron chi connectivity index (χ0n) is 18.7. The minimum Gasteiger partial charge on any atom is -0.381 e. The minimum absolute atomic E-state index is 0.112. The first-order valence-corrected chi connectivity index (χ1v) is 11.8. The number of piperidine rings is 2. The van der Waals surface area contributed by atoms with E-state index >= 15 is 0 Å². The zero-order valence-corrected chi connectivity index (χ0v) is 18.7. The second kappa shape index (κ2) is 8.96. The Balaban J connectivity index is 1.29. The van der Waals surface area contributed by atoms with E-state index in [0.717, 1.165) is 62.6 Å². The first-order chi connectivity index (χ1) is 16.0. The molecule has 33 heavy (non-hydrogen) atoms. The summed E-state index contributed by atoms with van der Waals surface area (Å²) in [5.74, 6) is -1.42. The van der Waals surface area contributed by atoms with Gasteiger partial charge in [-0.1, -0.05) is 12.1 Å². The van der Waals surface area contributed by atoms with Gasteiger partial charge in [0.05, 0.1) is 11.1 Å². The molecule has 5 rings (SSSR count). The second-order valence-electron chi connectivity index (χ2n) is 9.54. The Bertz CT molecular complexity index is 979. The molecule has 3 saturated heterocycles.